The minimum absolute atomic E-state index is 0.169. The van der Waals surface area contributed by atoms with Crippen LogP contribution in [0.3, 0.4) is 0 Å². The highest BCUT2D eigenvalue weighted by molar-refractivity contribution is 9.10. The highest BCUT2D eigenvalue weighted by Crippen LogP contribution is 2.12. The van der Waals surface area contributed by atoms with Crippen molar-refractivity contribution in [1.82, 2.24) is 4.90 Å². The molecule has 1 aromatic rings. The van der Waals surface area contributed by atoms with E-state index in [2.05, 4.69) is 28.1 Å². The number of hydrogen-bond acceptors (Lipinski definition) is 2. The maximum Gasteiger partial charge on any atom is 0.222 e. The molecule has 0 spiro atoms. The minimum atomic E-state index is 0.169. The molecule has 18 heavy (non-hydrogen) atoms. The summed E-state index contributed by atoms with van der Waals surface area (Å²) in [6.45, 7) is 3.30. The number of carbonyl (C=O) groups excluding carboxylic acids is 1. The summed E-state index contributed by atoms with van der Waals surface area (Å²) in [4.78, 5) is 13.6. The second-order valence-corrected chi connectivity index (χ2v) is 5.66. The van der Waals surface area contributed by atoms with E-state index < -0.39 is 0 Å². The Bertz CT molecular complexity index is 395. The van der Waals surface area contributed by atoms with Crippen LogP contribution in [0.1, 0.15) is 18.9 Å². The molecule has 2 N–H and O–H groups in total. The quantitative estimate of drug-likeness (QED) is 0.877. The monoisotopic (exact) mass is 312 g/mol. The molecular weight excluding hydrogens is 292 g/mol. The van der Waals surface area contributed by atoms with Gasteiger partial charge in [0.2, 0.25) is 5.91 Å². The Labute approximate surface area is 117 Å². The molecule has 0 aliphatic heterocycles. The molecule has 1 amide bonds. The van der Waals surface area contributed by atoms with Crippen LogP contribution in [0.5, 0.6) is 0 Å². The fourth-order valence-electron chi connectivity index (χ4n) is 1.65. The zero-order chi connectivity index (χ0) is 13.5. The predicted molar refractivity (Wildman–Crippen MR) is 78.3 cm³/mol. The van der Waals surface area contributed by atoms with Gasteiger partial charge >= 0.3 is 0 Å². The Morgan fingerprint density at radius 2 is 2.22 bits per heavy atom. The Morgan fingerprint density at radius 3 is 2.83 bits per heavy atom. The third-order valence-electron chi connectivity index (χ3n) is 2.98. The van der Waals surface area contributed by atoms with E-state index in [9.17, 15) is 4.79 Å². The van der Waals surface area contributed by atoms with Gasteiger partial charge < -0.3 is 10.6 Å². The SMILES string of the molecule is CC(CN)CC(=O)N(C)CCc1cccc(Br)c1. The fourth-order valence-corrected chi connectivity index (χ4v) is 2.10. The van der Waals surface area contributed by atoms with E-state index in [1.807, 2.05) is 26.1 Å². The van der Waals surface area contributed by atoms with Crippen LogP contribution < -0.4 is 5.73 Å². The zero-order valence-electron chi connectivity index (χ0n) is 11.0. The Hall–Kier alpha value is -0.870. The third-order valence-corrected chi connectivity index (χ3v) is 3.47. The van der Waals surface area contributed by atoms with Crippen molar-refractivity contribution in [3.63, 3.8) is 0 Å². The first kappa shape index (κ1) is 15.2. The van der Waals surface area contributed by atoms with Crippen molar-refractivity contribution in [2.45, 2.75) is 19.8 Å². The Morgan fingerprint density at radius 1 is 1.50 bits per heavy atom. The van der Waals surface area contributed by atoms with Gasteiger partial charge in [0.15, 0.2) is 0 Å². The lowest BCUT2D eigenvalue weighted by Gasteiger charge is -2.19. The summed E-state index contributed by atoms with van der Waals surface area (Å²) in [6, 6.07) is 8.17. The van der Waals surface area contributed by atoms with Gasteiger partial charge in [0, 0.05) is 24.5 Å². The highest BCUT2D eigenvalue weighted by Gasteiger charge is 2.12. The van der Waals surface area contributed by atoms with Crippen molar-refractivity contribution in [3.05, 3.63) is 34.3 Å². The Kier molecular flexibility index (Phi) is 6.36. The molecule has 1 unspecified atom stereocenters. The fraction of sp³-hybridized carbons (Fsp3) is 0.500. The molecule has 3 nitrogen and oxygen atoms in total. The first-order valence-electron chi connectivity index (χ1n) is 6.21. The van der Waals surface area contributed by atoms with Crippen LogP contribution in [-0.2, 0) is 11.2 Å². The number of carbonyl (C=O) groups is 1. The maximum absolute atomic E-state index is 11.9. The molecule has 0 bridgehead atoms. The van der Waals surface area contributed by atoms with Crippen LogP contribution in [0.15, 0.2) is 28.7 Å². The smallest absolute Gasteiger partial charge is 0.222 e. The van der Waals surface area contributed by atoms with Gasteiger partial charge in [-0.1, -0.05) is 35.0 Å². The zero-order valence-corrected chi connectivity index (χ0v) is 12.6. The van der Waals surface area contributed by atoms with Gasteiger partial charge in [0.05, 0.1) is 0 Å². The number of hydrogen-bond donors (Lipinski definition) is 1. The summed E-state index contributed by atoms with van der Waals surface area (Å²) in [5, 5.41) is 0. The van der Waals surface area contributed by atoms with Crippen LogP contribution >= 0.6 is 15.9 Å². The molecule has 0 saturated heterocycles. The number of nitrogens with zero attached hydrogens (tertiary/aromatic N) is 1. The molecule has 1 rings (SSSR count). The van der Waals surface area contributed by atoms with E-state index in [0.717, 1.165) is 17.4 Å². The number of benzene rings is 1. The minimum Gasteiger partial charge on any atom is -0.345 e. The second-order valence-electron chi connectivity index (χ2n) is 4.74. The van der Waals surface area contributed by atoms with E-state index in [4.69, 9.17) is 5.73 Å². The van der Waals surface area contributed by atoms with Gasteiger partial charge in [-0.3, -0.25) is 4.79 Å². The summed E-state index contributed by atoms with van der Waals surface area (Å²) < 4.78 is 1.07. The second kappa shape index (κ2) is 7.54. The molecule has 0 radical (unpaired) electrons. The van der Waals surface area contributed by atoms with Crippen molar-refractivity contribution in [2.75, 3.05) is 20.1 Å². The van der Waals surface area contributed by atoms with Gasteiger partial charge in [-0.25, -0.2) is 0 Å². The average molecular weight is 313 g/mol. The summed E-state index contributed by atoms with van der Waals surface area (Å²) >= 11 is 3.45. The van der Waals surface area contributed by atoms with Crippen molar-refractivity contribution in [1.29, 1.82) is 0 Å². The number of likely N-dealkylation sites (N-methyl/N-ethyl adjacent to an activating group) is 1. The summed E-state index contributed by atoms with van der Waals surface area (Å²) in [5.74, 6) is 0.425. The molecule has 4 heteroatoms. The van der Waals surface area contributed by atoms with Gasteiger partial charge in [0.1, 0.15) is 0 Å². The molecule has 0 heterocycles. The highest BCUT2D eigenvalue weighted by atomic mass is 79.9. The molecule has 100 valence electrons. The number of nitrogens with two attached hydrogens (primary N) is 1. The number of rotatable bonds is 6. The van der Waals surface area contributed by atoms with E-state index in [1.54, 1.807) is 4.90 Å². The lowest BCUT2D eigenvalue weighted by molar-refractivity contribution is -0.130. The van der Waals surface area contributed by atoms with Crippen LogP contribution in [-0.4, -0.2) is 30.9 Å². The number of halogens is 1. The average Bonchev–Trinajstić information content (AvgIpc) is 2.35. The molecule has 1 aromatic carbocycles. The van der Waals surface area contributed by atoms with Gasteiger partial charge in [-0.15, -0.1) is 0 Å². The molecule has 0 aliphatic rings. The van der Waals surface area contributed by atoms with Crippen molar-refractivity contribution >= 4 is 21.8 Å². The molecular formula is C14H21BrN2O. The van der Waals surface area contributed by atoms with Crippen molar-refractivity contribution < 1.29 is 4.79 Å². The van der Waals surface area contributed by atoms with Gasteiger partial charge in [-0.05, 0) is 36.6 Å². The summed E-state index contributed by atoms with van der Waals surface area (Å²) in [7, 11) is 1.85. The molecule has 0 aromatic heterocycles. The van der Waals surface area contributed by atoms with Crippen molar-refractivity contribution in [3.8, 4) is 0 Å². The summed E-state index contributed by atoms with van der Waals surface area (Å²) in [6.07, 6.45) is 1.41. The van der Waals surface area contributed by atoms with E-state index in [0.29, 0.717) is 13.0 Å². The van der Waals surface area contributed by atoms with Gasteiger partial charge in [-0.2, -0.15) is 0 Å². The maximum atomic E-state index is 11.9. The van der Waals surface area contributed by atoms with E-state index >= 15 is 0 Å². The normalized spacial score (nSPS) is 12.2. The van der Waals surface area contributed by atoms with E-state index in [-0.39, 0.29) is 11.8 Å². The topological polar surface area (TPSA) is 46.3 Å². The standard InChI is InChI=1S/C14H21BrN2O/c1-11(10-16)8-14(18)17(2)7-6-12-4-3-5-13(15)9-12/h3-5,9,11H,6-8,10,16H2,1-2H3. The molecule has 0 fully saturated rings. The lowest BCUT2D eigenvalue weighted by atomic mass is 10.1. The van der Waals surface area contributed by atoms with Gasteiger partial charge in [0.25, 0.3) is 0 Å². The van der Waals surface area contributed by atoms with Crippen LogP contribution in [0.2, 0.25) is 0 Å². The molecule has 1 atom stereocenters. The van der Waals surface area contributed by atoms with Crippen LogP contribution in [0.25, 0.3) is 0 Å². The first-order valence-corrected chi connectivity index (χ1v) is 7.00. The summed E-state index contributed by atoms with van der Waals surface area (Å²) in [5.41, 5.74) is 6.76. The van der Waals surface area contributed by atoms with E-state index in [1.165, 1.54) is 5.56 Å². The first-order chi connectivity index (χ1) is 8.52. The lowest BCUT2D eigenvalue weighted by Crippen LogP contribution is -2.31. The van der Waals surface area contributed by atoms with Crippen LogP contribution in [0, 0.1) is 5.92 Å². The number of amides is 1. The predicted octanol–water partition coefficient (Wildman–Crippen LogP) is 2.43. The molecule has 0 aliphatic carbocycles. The molecule has 0 saturated carbocycles. The van der Waals surface area contributed by atoms with Crippen LogP contribution in [0.4, 0.5) is 0 Å². The third kappa shape index (κ3) is 5.19. The van der Waals surface area contributed by atoms with Crippen molar-refractivity contribution in [2.24, 2.45) is 11.7 Å². The Balaban J connectivity index is 2.41. The largest absolute Gasteiger partial charge is 0.345 e.